The Labute approximate surface area is 154 Å². The van der Waals surface area contributed by atoms with Gasteiger partial charge in [0.05, 0.1) is 34.7 Å². The number of carbonyl (C=O) groups is 1. The number of amides is 1. The van der Waals surface area contributed by atoms with Gasteiger partial charge in [0.25, 0.3) is 5.91 Å². The lowest BCUT2D eigenvalue weighted by Gasteiger charge is -2.28. The van der Waals surface area contributed by atoms with Crippen LogP contribution in [0.3, 0.4) is 0 Å². The van der Waals surface area contributed by atoms with Crippen LogP contribution in [0, 0.1) is 5.92 Å². The molecule has 0 aromatic heterocycles. The predicted octanol–water partition coefficient (Wildman–Crippen LogP) is 2.41. The third-order valence-electron chi connectivity index (χ3n) is 4.68. The quantitative estimate of drug-likeness (QED) is 0.783. The van der Waals surface area contributed by atoms with Crippen LogP contribution in [0.2, 0.25) is 5.02 Å². The average Bonchev–Trinajstić information content (AvgIpc) is 2.58. The molecule has 1 aliphatic heterocycles. The number of hydrogen-bond acceptors (Lipinski definition) is 4. The number of benzene rings is 1. The molecule has 0 spiro atoms. The van der Waals surface area contributed by atoms with Crippen LogP contribution < -0.4 is 9.62 Å². The lowest BCUT2D eigenvalue weighted by molar-refractivity contribution is 0.0891. The van der Waals surface area contributed by atoms with Gasteiger partial charge in [-0.25, -0.2) is 8.42 Å². The van der Waals surface area contributed by atoms with Gasteiger partial charge in [-0.05, 0) is 37.0 Å². The molecule has 2 N–H and O–H groups in total. The molecule has 6 nitrogen and oxygen atoms in total. The molecular formula is C17H25ClN2O4S. The highest BCUT2D eigenvalue weighted by Crippen LogP contribution is 2.28. The number of hydrogen-bond donors (Lipinski definition) is 2. The predicted molar refractivity (Wildman–Crippen MR) is 99.6 cm³/mol. The second-order valence-corrected chi connectivity index (χ2v) is 8.83. The molecule has 1 aromatic rings. The van der Waals surface area contributed by atoms with E-state index in [0.29, 0.717) is 18.7 Å². The van der Waals surface area contributed by atoms with E-state index in [9.17, 15) is 18.3 Å². The van der Waals surface area contributed by atoms with Gasteiger partial charge >= 0.3 is 0 Å². The molecule has 0 radical (unpaired) electrons. The van der Waals surface area contributed by atoms with Crippen molar-refractivity contribution in [1.29, 1.82) is 0 Å². The normalized spacial score (nSPS) is 19.3. The van der Waals surface area contributed by atoms with Gasteiger partial charge in [0, 0.05) is 6.54 Å². The lowest BCUT2D eigenvalue weighted by atomic mass is 9.99. The molecule has 1 aliphatic rings. The molecule has 2 atom stereocenters. The van der Waals surface area contributed by atoms with Gasteiger partial charge in [-0.15, -0.1) is 0 Å². The van der Waals surface area contributed by atoms with Crippen molar-refractivity contribution in [1.82, 2.24) is 5.32 Å². The van der Waals surface area contributed by atoms with Crippen LogP contribution in [0.15, 0.2) is 18.2 Å². The maximum absolute atomic E-state index is 12.4. The minimum atomic E-state index is -3.32. The second kappa shape index (κ2) is 8.38. The van der Waals surface area contributed by atoms with Crippen molar-refractivity contribution in [3.8, 4) is 0 Å². The fourth-order valence-electron chi connectivity index (χ4n) is 2.82. The molecule has 140 valence electrons. The molecule has 0 aliphatic carbocycles. The number of nitrogens with zero attached hydrogens (tertiary/aromatic N) is 1. The monoisotopic (exact) mass is 388 g/mol. The Kier molecular flexibility index (Phi) is 6.71. The van der Waals surface area contributed by atoms with E-state index >= 15 is 0 Å². The summed E-state index contributed by atoms with van der Waals surface area (Å²) in [5, 5.41) is 12.4. The van der Waals surface area contributed by atoms with Gasteiger partial charge in [0.2, 0.25) is 10.0 Å². The highest BCUT2D eigenvalue weighted by atomic mass is 35.5. The van der Waals surface area contributed by atoms with Crippen molar-refractivity contribution in [3.05, 3.63) is 28.8 Å². The maximum atomic E-state index is 12.4. The number of anilines is 1. The highest BCUT2D eigenvalue weighted by molar-refractivity contribution is 7.92. The number of nitrogens with one attached hydrogen (secondary N) is 1. The molecule has 25 heavy (non-hydrogen) atoms. The van der Waals surface area contributed by atoms with Crippen LogP contribution in [0.25, 0.3) is 0 Å². The van der Waals surface area contributed by atoms with E-state index in [-0.39, 0.29) is 40.8 Å². The first kappa shape index (κ1) is 20.0. The number of rotatable bonds is 6. The van der Waals surface area contributed by atoms with Crippen LogP contribution in [0.5, 0.6) is 0 Å². The molecule has 1 fully saturated rings. The van der Waals surface area contributed by atoms with Gasteiger partial charge in [-0.2, -0.15) is 0 Å². The van der Waals surface area contributed by atoms with E-state index in [0.717, 1.165) is 12.8 Å². The zero-order valence-corrected chi connectivity index (χ0v) is 16.1. The summed E-state index contributed by atoms with van der Waals surface area (Å²) in [6.07, 6.45) is 2.28. The van der Waals surface area contributed by atoms with Crippen molar-refractivity contribution in [2.75, 3.05) is 23.2 Å². The first-order chi connectivity index (χ1) is 11.8. The molecule has 2 rings (SSSR count). The van der Waals surface area contributed by atoms with Crippen LogP contribution in [-0.4, -0.2) is 44.4 Å². The van der Waals surface area contributed by atoms with E-state index in [1.165, 1.54) is 16.4 Å². The molecule has 8 heteroatoms. The van der Waals surface area contributed by atoms with Crippen LogP contribution in [-0.2, 0) is 10.0 Å². The Morgan fingerprint density at radius 3 is 2.68 bits per heavy atom. The smallest absolute Gasteiger partial charge is 0.253 e. The zero-order valence-electron chi connectivity index (χ0n) is 14.5. The third kappa shape index (κ3) is 4.65. The highest BCUT2D eigenvalue weighted by Gasteiger charge is 2.27. The van der Waals surface area contributed by atoms with Gasteiger partial charge in [-0.3, -0.25) is 9.10 Å². The van der Waals surface area contributed by atoms with Gasteiger partial charge in [0.15, 0.2) is 0 Å². The van der Waals surface area contributed by atoms with Crippen molar-refractivity contribution in [3.63, 3.8) is 0 Å². The molecule has 1 amide bonds. The van der Waals surface area contributed by atoms with E-state index < -0.39 is 10.0 Å². The molecule has 1 heterocycles. The summed E-state index contributed by atoms with van der Waals surface area (Å²) in [4.78, 5) is 12.4. The minimum Gasteiger partial charge on any atom is -0.394 e. The summed E-state index contributed by atoms with van der Waals surface area (Å²) in [5.74, 6) is -0.122. The minimum absolute atomic E-state index is 0.125. The van der Waals surface area contributed by atoms with E-state index in [2.05, 4.69) is 5.32 Å². The number of carbonyl (C=O) groups excluding carboxylic acids is 1. The lowest BCUT2D eigenvalue weighted by Crippen LogP contribution is -2.42. The Bertz CT molecular complexity index is 723. The number of halogens is 1. The summed E-state index contributed by atoms with van der Waals surface area (Å²) in [6.45, 7) is 4.21. The van der Waals surface area contributed by atoms with Crippen LogP contribution in [0.4, 0.5) is 5.69 Å². The summed E-state index contributed by atoms with van der Waals surface area (Å²) in [6, 6.07) is 4.29. The Balaban J connectivity index is 2.20. The standard InChI is InChI=1S/C17H25ClN2O4S/c1-3-12(2)16(11-21)19-17(22)14-7-6-13(10-15(14)18)20-8-4-5-9-25(20,23)24/h6-7,10,12,16,21H,3-5,8-9,11H2,1-2H3,(H,19,22)/t12-,16-/m0/s1. The summed E-state index contributed by atoms with van der Waals surface area (Å²) >= 11 is 6.23. The van der Waals surface area contributed by atoms with E-state index in [4.69, 9.17) is 11.6 Å². The molecule has 0 bridgehead atoms. The SMILES string of the molecule is CC[C@H](C)[C@H](CO)NC(=O)c1ccc(N2CCCCS2(=O)=O)cc1Cl. The van der Waals surface area contributed by atoms with Gasteiger partial charge in [-0.1, -0.05) is 31.9 Å². The number of aliphatic hydroxyl groups is 1. The Morgan fingerprint density at radius 1 is 1.40 bits per heavy atom. The zero-order chi connectivity index (χ0) is 18.6. The van der Waals surface area contributed by atoms with E-state index in [1.807, 2.05) is 13.8 Å². The first-order valence-corrected chi connectivity index (χ1v) is 10.5. The topological polar surface area (TPSA) is 86.7 Å². The summed E-state index contributed by atoms with van der Waals surface area (Å²) in [7, 11) is -3.32. The van der Waals surface area contributed by atoms with Crippen LogP contribution in [0.1, 0.15) is 43.5 Å². The molecule has 1 aromatic carbocycles. The van der Waals surface area contributed by atoms with Gasteiger partial charge in [0.1, 0.15) is 0 Å². The summed E-state index contributed by atoms with van der Waals surface area (Å²) < 4.78 is 25.7. The Morgan fingerprint density at radius 2 is 2.12 bits per heavy atom. The largest absolute Gasteiger partial charge is 0.394 e. The van der Waals surface area contributed by atoms with Crippen molar-refractivity contribution in [2.45, 2.75) is 39.2 Å². The average molecular weight is 389 g/mol. The molecule has 1 saturated heterocycles. The maximum Gasteiger partial charge on any atom is 0.253 e. The molecular weight excluding hydrogens is 364 g/mol. The summed E-state index contributed by atoms with van der Waals surface area (Å²) in [5.41, 5.74) is 0.739. The molecule has 0 unspecified atom stereocenters. The second-order valence-electron chi connectivity index (χ2n) is 6.41. The Hall–Kier alpha value is -1.31. The van der Waals surface area contributed by atoms with Crippen molar-refractivity contribution >= 4 is 33.2 Å². The van der Waals surface area contributed by atoms with Gasteiger partial charge < -0.3 is 10.4 Å². The first-order valence-electron chi connectivity index (χ1n) is 8.51. The van der Waals surface area contributed by atoms with Crippen LogP contribution >= 0.6 is 11.6 Å². The van der Waals surface area contributed by atoms with Crippen molar-refractivity contribution < 1.29 is 18.3 Å². The number of sulfonamides is 1. The third-order valence-corrected chi connectivity index (χ3v) is 6.86. The number of aliphatic hydroxyl groups excluding tert-OH is 1. The van der Waals surface area contributed by atoms with Crippen molar-refractivity contribution in [2.24, 2.45) is 5.92 Å². The fourth-order valence-corrected chi connectivity index (χ4v) is 4.71. The van der Waals surface area contributed by atoms with E-state index in [1.54, 1.807) is 6.07 Å². The fraction of sp³-hybridized carbons (Fsp3) is 0.588. The molecule has 0 saturated carbocycles.